The Labute approximate surface area is 201 Å². The lowest BCUT2D eigenvalue weighted by atomic mass is 10.2. The zero-order valence-corrected chi connectivity index (χ0v) is 20.5. The molecule has 0 heterocycles. The molecule has 4 aromatic carbocycles. The Hall–Kier alpha value is -1.88. The molecule has 0 aliphatic rings. The molecule has 4 rings (SSSR count). The molecule has 0 aliphatic carbocycles. The van der Waals surface area contributed by atoms with E-state index in [9.17, 15) is 0 Å². The van der Waals surface area contributed by atoms with Crippen LogP contribution in [0.2, 0.25) is 5.02 Å². The van der Waals surface area contributed by atoms with E-state index in [0.717, 1.165) is 9.50 Å². The maximum Gasteiger partial charge on any atom is 0.0405 e. The van der Waals surface area contributed by atoms with Crippen molar-refractivity contribution in [3.63, 3.8) is 0 Å². The van der Waals surface area contributed by atoms with Crippen LogP contribution in [-0.4, -0.2) is 0 Å². The van der Waals surface area contributed by atoms with Crippen molar-refractivity contribution in [3.8, 4) is 0 Å². The molecule has 0 saturated carbocycles. The highest BCUT2D eigenvalue weighted by Crippen LogP contribution is 2.05. The van der Waals surface area contributed by atoms with Crippen molar-refractivity contribution < 1.29 is 0 Å². The second-order valence-corrected chi connectivity index (χ2v) is 8.10. The van der Waals surface area contributed by atoms with Gasteiger partial charge in [0.1, 0.15) is 0 Å². The molecule has 0 fully saturated rings. The van der Waals surface area contributed by atoms with E-state index in [0.29, 0.717) is 0 Å². The lowest BCUT2D eigenvalue weighted by Gasteiger charge is -1.85. The monoisotopic (exact) mass is 576 g/mol. The first-order valence-corrected chi connectivity index (χ1v) is 11.2. The van der Waals surface area contributed by atoms with E-state index in [1.54, 1.807) is 0 Å². The quantitative estimate of drug-likeness (QED) is 0.198. The maximum absolute atomic E-state index is 5.54. The summed E-state index contributed by atoms with van der Waals surface area (Å²) in [6.45, 7) is 3.63. The van der Waals surface area contributed by atoms with Crippen molar-refractivity contribution in [2.75, 3.05) is 0 Å². The van der Waals surface area contributed by atoms with Gasteiger partial charge in [-0.15, -0.1) is 0 Å². The van der Waals surface area contributed by atoms with Crippen LogP contribution in [0.3, 0.4) is 0 Å². The third-order valence-electron chi connectivity index (χ3n) is 3.23. The second-order valence-electron chi connectivity index (χ2n) is 5.50. The van der Waals surface area contributed by atoms with Crippen LogP contribution < -0.4 is 0 Å². The summed E-state index contributed by atoms with van der Waals surface area (Å²) in [5.41, 5.74) is 1.17. The molecule has 0 amide bonds. The van der Waals surface area contributed by atoms with Crippen LogP contribution >= 0.6 is 50.1 Å². The molecule has 3 heteroatoms. The number of rotatable bonds is 1. The van der Waals surface area contributed by atoms with Gasteiger partial charge in [0.15, 0.2) is 0 Å². The fraction of sp³-hybridized carbons (Fsp3) is 0. The molecule has 0 bridgehead atoms. The van der Waals surface area contributed by atoms with E-state index in [2.05, 4.69) is 57.2 Å². The largest absolute Gasteiger partial charge is 0.0985 e. The summed E-state index contributed by atoms with van der Waals surface area (Å²) in [4.78, 5) is 0. The highest BCUT2D eigenvalue weighted by Gasteiger charge is 1.77. The minimum Gasteiger partial charge on any atom is -0.0985 e. The highest BCUT2D eigenvalue weighted by atomic mass is 127. The fourth-order valence-electron chi connectivity index (χ4n) is 1.83. The molecule has 0 aliphatic heterocycles. The Morgan fingerprint density at radius 1 is 0.621 bits per heavy atom. The van der Waals surface area contributed by atoms with Crippen molar-refractivity contribution in [1.29, 1.82) is 0 Å². The molecule has 0 nitrogen and oxygen atoms in total. The van der Waals surface area contributed by atoms with Gasteiger partial charge in [-0.1, -0.05) is 125 Å². The Balaban J connectivity index is 0.000000194. The molecular weight excluding hydrogens is 555 g/mol. The minimum atomic E-state index is 0.794. The Kier molecular flexibility index (Phi) is 14.8. The van der Waals surface area contributed by atoms with E-state index in [1.807, 2.05) is 115 Å². The van der Waals surface area contributed by atoms with Gasteiger partial charge >= 0.3 is 0 Å². The average molecular weight is 578 g/mol. The molecule has 0 aromatic heterocycles. The predicted octanol–water partition coefficient (Wildman–Crippen LogP) is 9.41. The number of halogens is 3. The molecule has 29 heavy (non-hydrogen) atoms. The Morgan fingerprint density at radius 2 is 1.00 bits per heavy atom. The zero-order chi connectivity index (χ0) is 21.2. The molecule has 0 radical (unpaired) electrons. The van der Waals surface area contributed by atoms with Crippen molar-refractivity contribution >= 4 is 56.2 Å². The van der Waals surface area contributed by atoms with Gasteiger partial charge in [0.25, 0.3) is 0 Å². The van der Waals surface area contributed by atoms with Gasteiger partial charge in [-0.05, 0) is 64.6 Å². The molecule has 0 spiro atoms. The number of hydrogen-bond donors (Lipinski definition) is 0. The molecule has 0 N–H and O–H groups in total. The third-order valence-corrected chi connectivity index (χ3v) is 4.73. The molecule has 4 aromatic rings. The lowest BCUT2D eigenvalue weighted by molar-refractivity contribution is 1.65. The Bertz CT molecular complexity index is 794. The van der Waals surface area contributed by atoms with Gasteiger partial charge in [0.2, 0.25) is 0 Å². The van der Waals surface area contributed by atoms with E-state index in [-0.39, 0.29) is 0 Å². The minimum absolute atomic E-state index is 0.794. The third kappa shape index (κ3) is 14.7. The van der Waals surface area contributed by atoms with Gasteiger partial charge in [0, 0.05) is 13.1 Å². The van der Waals surface area contributed by atoms with Crippen molar-refractivity contribution in [3.05, 3.63) is 147 Å². The van der Waals surface area contributed by atoms with Crippen molar-refractivity contribution in [2.24, 2.45) is 0 Å². The maximum atomic E-state index is 5.54. The van der Waals surface area contributed by atoms with Gasteiger partial charge in [-0.25, -0.2) is 0 Å². The lowest BCUT2D eigenvalue weighted by Crippen LogP contribution is -1.63. The topological polar surface area (TPSA) is 0 Å². The summed E-state index contributed by atoms with van der Waals surface area (Å²) in [5, 5.41) is 0.794. The van der Waals surface area contributed by atoms with Gasteiger partial charge in [-0.3, -0.25) is 0 Å². The number of benzene rings is 4. The van der Waals surface area contributed by atoms with Crippen LogP contribution in [0.15, 0.2) is 132 Å². The van der Waals surface area contributed by atoms with Crippen LogP contribution in [0.5, 0.6) is 0 Å². The van der Waals surface area contributed by atoms with Gasteiger partial charge < -0.3 is 0 Å². The number of hydrogen-bond acceptors (Lipinski definition) is 0. The average Bonchev–Trinajstić information content (AvgIpc) is 2.77. The Morgan fingerprint density at radius 3 is 1.21 bits per heavy atom. The van der Waals surface area contributed by atoms with Crippen molar-refractivity contribution in [2.45, 2.75) is 0 Å². The molecule has 148 valence electrons. The molecular formula is C26H23BrClI. The molecule has 0 atom stereocenters. The summed E-state index contributed by atoms with van der Waals surface area (Å²) < 4.78 is 2.43. The van der Waals surface area contributed by atoms with Crippen LogP contribution in [0, 0.1) is 3.57 Å². The first kappa shape index (κ1) is 25.2. The summed E-state index contributed by atoms with van der Waals surface area (Å²) in [6.07, 6.45) is 1.83. The van der Waals surface area contributed by atoms with Crippen molar-refractivity contribution in [1.82, 2.24) is 0 Å². The summed E-state index contributed by atoms with van der Waals surface area (Å²) in [7, 11) is 0. The predicted molar refractivity (Wildman–Crippen MR) is 141 cm³/mol. The van der Waals surface area contributed by atoms with Crippen LogP contribution in [0.25, 0.3) is 6.08 Å². The normalized spacial score (nSPS) is 8.66. The van der Waals surface area contributed by atoms with E-state index in [1.165, 1.54) is 9.13 Å². The SMILES string of the molecule is Brc1ccccc1.C=Cc1ccccc1.Clc1ccccc1.Ic1ccccc1. The standard InChI is InChI=1S/C8H8.C6H5Br.C6H5Cl.C6H5I/c1-2-8-6-4-3-5-7-8;3*7-6-4-2-1-3-5-6/h2-7H,1H2;3*1-5H. The second kappa shape index (κ2) is 17.0. The van der Waals surface area contributed by atoms with Crippen LogP contribution in [-0.2, 0) is 0 Å². The van der Waals surface area contributed by atoms with E-state index < -0.39 is 0 Å². The molecule has 0 saturated heterocycles. The first-order valence-electron chi connectivity index (χ1n) is 8.91. The summed E-state index contributed by atoms with van der Waals surface area (Å²) in [6, 6.07) is 39.7. The van der Waals surface area contributed by atoms with Gasteiger partial charge in [-0.2, -0.15) is 0 Å². The summed E-state index contributed by atoms with van der Waals surface area (Å²) >= 11 is 11.1. The van der Waals surface area contributed by atoms with E-state index in [4.69, 9.17) is 11.6 Å². The van der Waals surface area contributed by atoms with Crippen LogP contribution in [0.1, 0.15) is 5.56 Å². The smallest absolute Gasteiger partial charge is 0.0405 e. The van der Waals surface area contributed by atoms with Crippen LogP contribution in [0.4, 0.5) is 0 Å². The zero-order valence-electron chi connectivity index (χ0n) is 16.0. The summed E-state index contributed by atoms with van der Waals surface area (Å²) in [5.74, 6) is 0. The molecule has 0 unspecified atom stereocenters. The first-order chi connectivity index (χ1) is 14.1. The highest BCUT2D eigenvalue weighted by molar-refractivity contribution is 14.1. The van der Waals surface area contributed by atoms with E-state index >= 15 is 0 Å². The van der Waals surface area contributed by atoms with Gasteiger partial charge in [0.05, 0.1) is 0 Å². The fourth-order valence-corrected chi connectivity index (χ4v) is 2.70.